The lowest BCUT2D eigenvalue weighted by Gasteiger charge is -2.21. The van der Waals surface area contributed by atoms with Crippen molar-refractivity contribution in [1.29, 1.82) is 0 Å². The summed E-state index contributed by atoms with van der Waals surface area (Å²) in [6.45, 7) is 7.22. The van der Waals surface area contributed by atoms with Crippen LogP contribution in [0.5, 0.6) is 17.8 Å². The minimum atomic E-state index is -0.813. The Morgan fingerprint density at radius 1 is 1.11 bits per heavy atom. The van der Waals surface area contributed by atoms with Crippen LogP contribution in [-0.2, 0) is 14.3 Å². The van der Waals surface area contributed by atoms with Crippen molar-refractivity contribution in [2.45, 2.75) is 40.2 Å². The van der Waals surface area contributed by atoms with E-state index in [-0.39, 0.29) is 29.4 Å². The van der Waals surface area contributed by atoms with E-state index in [1.165, 1.54) is 27.4 Å². The van der Waals surface area contributed by atoms with Crippen molar-refractivity contribution >= 4 is 11.9 Å². The zero-order chi connectivity index (χ0) is 20.6. The van der Waals surface area contributed by atoms with Gasteiger partial charge < -0.3 is 24.3 Å². The molecule has 1 heterocycles. The predicted molar refractivity (Wildman–Crippen MR) is 97.5 cm³/mol. The van der Waals surface area contributed by atoms with Gasteiger partial charge in [0, 0.05) is 0 Å². The van der Waals surface area contributed by atoms with Gasteiger partial charge in [0.15, 0.2) is 5.76 Å². The molecule has 9 nitrogen and oxygen atoms in total. The molecular formula is C18H27N3O6. The van der Waals surface area contributed by atoms with E-state index in [0.717, 1.165) is 0 Å². The topological polar surface area (TPSA) is 109 Å². The van der Waals surface area contributed by atoms with E-state index >= 15 is 0 Å². The second kappa shape index (κ2) is 10.3. The number of amides is 1. The molecule has 0 aliphatic rings. The van der Waals surface area contributed by atoms with E-state index in [1.54, 1.807) is 20.8 Å². The first-order valence-electron chi connectivity index (χ1n) is 8.50. The van der Waals surface area contributed by atoms with Crippen molar-refractivity contribution in [3.05, 3.63) is 17.4 Å². The average Bonchev–Trinajstić information content (AvgIpc) is 2.68. The molecule has 0 bridgehead atoms. The third-order valence-electron chi connectivity index (χ3n) is 3.80. The molecule has 0 saturated heterocycles. The van der Waals surface area contributed by atoms with Crippen LogP contribution in [0, 0.1) is 5.92 Å². The van der Waals surface area contributed by atoms with Crippen LogP contribution in [0.4, 0.5) is 0 Å². The second-order valence-corrected chi connectivity index (χ2v) is 6.02. The third-order valence-corrected chi connectivity index (χ3v) is 3.80. The van der Waals surface area contributed by atoms with Gasteiger partial charge >= 0.3 is 12.0 Å². The van der Waals surface area contributed by atoms with Crippen molar-refractivity contribution in [2.24, 2.45) is 5.92 Å². The average molecular weight is 381 g/mol. The van der Waals surface area contributed by atoms with Gasteiger partial charge in [-0.1, -0.05) is 20.8 Å². The largest absolute Gasteiger partial charge is 0.481 e. The molecule has 0 aliphatic heterocycles. The highest BCUT2D eigenvalue weighted by molar-refractivity contribution is 5.95. The molecular weight excluding hydrogens is 354 g/mol. The molecule has 0 fully saturated rings. The molecule has 27 heavy (non-hydrogen) atoms. The molecule has 1 N–H and O–H groups in total. The molecule has 0 aromatic carbocycles. The number of hydrogen-bond acceptors (Lipinski definition) is 8. The molecule has 1 aromatic rings. The van der Waals surface area contributed by atoms with Crippen LogP contribution in [0.2, 0.25) is 0 Å². The van der Waals surface area contributed by atoms with Gasteiger partial charge in [-0.25, -0.2) is 4.79 Å². The first-order chi connectivity index (χ1) is 12.8. The van der Waals surface area contributed by atoms with Gasteiger partial charge in [0.2, 0.25) is 11.8 Å². The minimum Gasteiger partial charge on any atom is -0.481 e. The van der Waals surface area contributed by atoms with E-state index in [1.807, 2.05) is 6.92 Å². The summed E-state index contributed by atoms with van der Waals surface area (Å²) in [5.74, 6) is -0.823. The van der Waals surface area contributed by atoms with Crippen molar-refractivity contribution in [2.75, 3.05) is 21.3 Å². The number of rotatable bonds is 9. The number of nitrogens with zero attached hydrogens (tertiary/aromatic N) is 2. The Bertz CT molecular complexity index is 680. The molecule has 0 aliphatic carbocycles. The lowest BCUT2D eigenvalue weighted by molar-refractivity contribution is -0.146. The van der Waals surface area contributed by atoms with Gasteiger partial charge in [-0.3, -0.25) is 4.79 Å². The van der Waals surface area contributed by atoms with Gasteiger partial charge in [0.05, 0.1) is 27.4 Å². The highest BCUT2D eigenvalue weighted by atomic mass is 16.5. The molecule has 1 amide bonds. The number of aromatic nitrogens is 2. The van der Waals surface area contributed by atoms with E-state index < -0.39 is 17.9 Å². The summed E-state index contributed by atoms with van der Waals surface area (Å²) in [5, 5.41) is 2.65. The molecule has 0 radical (unpaired) electrons. The van der Waals surface area contributed by atoms with Gasteiger partial charge in [-0.05, 0) is 24.8 Å². The van der Waals surface area contributed by atoms with Gasteiger partial charge in [-0.15, -0.1) is 0 Å². The van der Waals surface area contributed by atoms with Crippen LogP contribution in [-0.4, -0.2) is 49.2 Å². The molecule has 150 valence electrons. The van der Waals surface area contributed by atoms with Gasteiger partial charge in [-0.2, -0.15) is 9.97 Å². The van der Waals surface area contributed by atoms with Crippen LogP contribution in [0.1, 0.15) is 34.1 Å². The summed E-state index contributed by atoms with van der Waals surface area (Å²) in [4.78, 5) is 32.8. The Labute approximate surface area is 159 Å². The number of nitrogens with one attached hydrogen (secondary N) is 1. The Morgan fingerprint density at radius 3 is 2.07 bits per heavy atom. The Kier molecular flexibility index (Phi) is 8.50. The minimum absolute atomic E-state index is 0.00218. The number of methoxy groups -OCH3 is 3. The van der Waals surface area contributed by atoms with E-state index in [9.17, 15) is 9.59 Å². The molecule has 1 rings (SSSR count). The lowest BCUT2D eigenvalue weighted by Crippen LogP contribution is -2.46. The van der Waals surface area contributed by atoms with Crippen LogP contribution in [0.15, 0.2) is 17.4 Å². The SMILES string of the molecule is CC/C(C)=C(\Oc1nc(OC)cc(OC)n1)C(=O)N[C@H](C(=O)OC)C(C)C. The molecule has 1 atom stereocenters. The quantitative estimate of drug-likeness (QED) is 0.392. The predicted octanol–water partition coefficient (Wildman–Crippen LogP) is 1.87. The summed E-state index contributed by atoms with van der Waals surface area (Å²) in [5.41, 5.74) is 0.658. The summed E-state index contributed by atoms with van der Waals surface area (Å²) in [6.07, 6.45) is 0.550. The van der Waals surface area contributed by atoms with Crippen LogP contribution in [0.3, 0.4) is 0 Å². The molecule has 9 heteroatoms. The highest BCUT2D eigenvalue weighted by Gasteiger charge is 2.28. The summed E-state index contributed by atoms with van der Waals surface area (Å²) >= 11 is 0. The molecule has 0 spiro atoms. The fourth-order valence-electron chi connectivity index (χ4n) is 2.05. The van der Waals surface area contributed by atoms with Crippen molar-refractivity contribution in [1.82, 2.24) is 15.3 Å². The number of esters is 1. The zero-order valence-corrected chi connectivity index (χ0v) is 16.8. The molecule has 0 unspecified atom stereocenters. The number of carbonyl (C=O) groups excluding carboxylic acids is 2. The fraction of sp³-hybridized carbons (Fsp3) is 0.556. The Morgan fingerprint density at radius 2 is 1.67 bits per heavy atom. The summed E-state index contributed by atoms with van der Waals surface area (Å²) in [7, 11) is 4.15. The normalized spacial score (nSPS) is 12.7. The molecule has 1 aromatic heterocycles. The van der Waals surface area contributed by atoms with Crippen molar-refractivity contribution in [3.63, 3.8) is 0 Å². The fourth-order valence-corrected chi connectivity index (χ4v) is 2.05. The highest BCUT2D eigenvalue weighted by Crippen LogP contribution is 2.22. The van der Waals surface area contributed by atoms with Crippen molar-refractivity contribution in [3.8, 4) is 17.8 Å². The summed E-state index contributed by atoms with van der Waals surface area (Å²) in [6, 6.07) is 0.560. The van der Waals surface area contributed by atoms with Crippen LogP contribution < -0.4 is 19.5 Å². The van der Waals surface area contributed by atoms with E-state index in [4.69, 9.17) is 18.9 Å². The number of carbonyl (C=O) groups is 2. The number of ether oxygens (including phenoxy) is 4. The molecule has 0 saturated carbocycles. The van der Waals surface area contributed by atoms with Gasteiger partial charge in [0.25, 0.3) is 5.91 Å². The van der Waals surface area contributed by atoms with E-state index in [2.05, 4.69) is 15.3 Å². The first kappa shape index (κ1) is 22.2. The van der Waals surface area contributed by atoms with E-state index in [0.29, 0.717) is 12.0 Å². The smallest absolute Gasteiger partial charge is 0.328 e. The summed E-state index contributed by atoms with van der Waals surface area (Å²) < 4.78 is 20.6. The standard InChI is InChI=1S/C18H27N3O6/c1-8-11(4)15(16(22)21-14(10(2)3)17(23)26-7)27-18-19-12(24-5)9-13(20-18)25-6/h9-10,14H,8H2,1-7H3,(H,21,22)/b15-11-/t14-/m0/s1. The number of hydrogen-bond donors (Lipinski definition) is 1. The Hall–Kier alpha value is -2.84. The zero-order valence-electron chi connectivity index (χ0n) is 16.8. The monoisotopic (exact) mass is 381 g/mol. The maximum atomic E-state index is 12.8. The third kappa shape index (κ3) is 6.12. The maximum absolute atomic E-state index is 12.8. The Balaban J connectivity index is 3.17. The van der Waals surface area contributed by atoms with Crippen LogP contribution >= 0.6 is 0 Å². The maximum Gasteiger partial charge on any atom is 0.328 e. The first-order valence-corrected chi connectivity index (χ1v) is 8.50. The van der Waals surface area contributed by atoms with Crippen molar-refractivity contribution < 1.29 is 28.5 Å². The number of allylic oxidation sites excluding steroid dienone is 1. The van der Waals surface area contributed by atoms with Crippen LogP contribution in [0.25, 0.3) is 0 Å². The van der Waals surface area contributed by atoms with Gasteiger partial charge in [0.1, 0.15) is 6.04 Å². The lowest BCUT2D eigenvalue weighted by atomic mass is 10.0. The second-order valence-electron chi connectivity index (χ2n) is 6.02.